The van der Waals surface area contributed by atoms with E-state index in [1.165, 1.54) is 6.92 Å². The van der Waals surface area contributed by atoms with E-state index in [0.29, 0.717) is 19.6 Å². The normalized spacial score (nSPS) is 10.6. The molecule has 0 bridgehead atoms. The van der Waals surface area contributed by atoms with Crippen LogP contribution in [0.5, 0.6) is 0 Å². The van der Waals surface area contributed by atoms with Crippen molar-refractivity contribution >= 4 is 11.8 Å². The van der Waals surface area contributed by atoms with Gasteiger partial charge < -0.3 is 10.2 Å². The third-order valence-electron chi connectivity index (χ3n) is 4.73. The van der Waals surface area contributed by atoms with Gasteiger partial charge in [0, 0.05) is 26.2 Å². The van der Waals surface area contributed by atoms with Crippen molar-refractivity contribution in [3.63, 3.8) is 0 Å². The predicted molar refractivity (Wildman–Crippen MR) is 113 cm³/mol. The topological polar surface area (TPSA) is 62.3 Å². The molecule has 0 atom stereocenters. The number of hydrogen-bond acceptors (Lipinski definition) is 3. The SMILES string of the molecule is CC(=O)N(CCNC(=O)C(c1ccccc1)c1ccccc1)Cc1ccccn1. The molecule has 2 aromatic carbocycles. The first-order chi connectivity index (χ1) is 14.1. The Kier molecular flexibility index (Phi) is 7.11. The van der Waals surface area contributed by atoms with Crippen LogP contribution in [0, 0.1) is 0 Å². The molecule has 1 heterocycles. The van der Waals surface area contributed by atoms with Crippen LogP contribution in [0.4, 0.5) is 0 Å². The third-order valence-corrected chi connectivity index (χ3v) is 4.73. The Morgan fingerprint density at radius 2 is 1.48 bits per heavy atom. The fourth-order valence-electron chi connectivity index (χ4n) is 3.24. The van der Waals surface area contributed by atoms with Crippen molar-refractivity contribution in [2.75, 3.05) is 13.1 Å². The van der Waals surface area contributed by atoms with E-state index < -0.39 is 0 Å². The van der Waals surface area contributed by atoms with Gasteiger partial charge in [-0.05, 0) is 23.3 Å². The van der Waals surface area contributed by atoms with Gasteiger partial charge in [-0.15, -0.1) is 0 Å². The highest BCUT2D eigenvalue weighted by atomic mass is 16.2. The molecule has 0 aliphatic carbocycles. The second-order valence-corrected chi connectivity index (χ2v) is 6.81. The maximum atomic E-state index is 13.0. The van der Waals surface area contributed by atoms with Crippen molar-refractivity contribution < 1.29 is 9.59 Å². The number of carbonyl (C=O) groups is 2. The number of amides is 2. The first-order valence-electron chi connectivity index (χ1n) is 9.68. The minimum absolute atomic E-state index is 0.0485. The Labute approximate surface area is 171 Å². The van der Waals surface area contributed by atoms with Crippen LogP contribution in [0.1, 0.15) is 29.7 Å². The number of nitrogens with one attached hydrogen (secondary N) is 1. The summed E-state index contributed by atoms with van der Waals surface area (Å²) in [4.78, 5) is 31.0. The molecule has 0 saturated heterocycles. The summed E-state index contributed by atoms with van der Waals surface area (Å²) in [5.41, 5.74) is 2.70. The highest BCUT2D eigenvalue weighted by molar-refractivity contribution is 5.87. The third kappa shape index (κ3) is 5.75. The average Bonchev–Trinajstić information content (AvgIpc) is 2.75. The maximum absolute atomic E-state index is 13.0. The Balaban J connectivity index is 1.66. The Morgan fingerprint density at radius 3 is 2.00 bits per heavy atom. The number of hydrogen-bond donors (Lipinski definition) is 1. The zero-order valence-corrected chi connectivity index (χ0v) is 16.5. The summed E-state index contributed by atoms with van der Waals surface area (Å²) in [6.07, 6.45) is 1.71. The van der Waals surface area contributed by atoms with E-state index in [1.807, 2.05) is 78.9 Å². The van der Waals surface area contributed by atoms with Gasteiger partial charge in [0.1, 0.15) is 0 Å². The van der Waals surface area contributed by atoms with Crippen LogP contribution in [0.2, 0.25) is 0 Å². The van der Waals surface area contributed by atoms with E-state index in [-0.39, 0.29) is 17.7 Å². The van der Waals surface area contributed by atoms with E-state index in [9.17, 15) is 9.59 Å². The van der Waals surface area contributed by atoms with E-state index in [4.69, 9.17) is 0 Å². The quantitative estimate of drug-likeness (QED) is 0.645. The first-order valence-corrected chi connectivity index (χ1v) is 9.68. The molecule has 0 aliphatic heterocycles. The van der Waals surface area contributed by atoms with Crippen LogP contribution in [-0.4, -0.2) is 34.8 Å². The van der Waals surface area contributed by atoms with E-state index in [1.54, 1.807) is 11.1 Å². The van der Waals surface area contributed by atoms with Gasteiger partial charge in [0.05, 0.1) is 18.2 Å². The predicted octanol–water partition coefficient (Wildman–Crippen LogP) is 3.38. The Hall–Kier alpha value is -3.47. The average molecular weight is 387 g/mol. The number of benzene rings is 2. The molecule has 5 nitrogen and oxygen atoms in total. The molecule has 2 amide bonds. The smallest absolute Gasteiger partial charge is 0.232 e. The second-order valence-electron chi connectivity index (χ2n) is 6.81. The second kappa shape index (κ2) is 10.2. The van der Waals surface area contributed by atoms with Crippen LogP contribution in [-0.2, 0) is 16.1 Å². The van der Waals surface area contributed by atoms with Gasteiger partial charge in [-0.25, -0.2) is 0 Å². The molecule has 0 spiro atoms. The molecule has 1 aromatic heterocycles. The number of rotatable bonds is 8. The van der Waals surface area contributed by atoms with Crippen molar-refractivity contribution in [1.29, 1.82) is 0 Å². The van der Waals surface area contributed by atoms with Gasteiger partial charge in [-0.3, -0.25) is 14.6 Å². The molecule has 3 rings (SSSR count). The minimum atomic E-state index is -0.390. The van der Waals surface area contributed by atoms with Gasteiger partial charge in [0.2, 0.25) is 11.8 Å². The van der Waals surface area contributed by atoms with E-state index in [0.717, 1.165) is 16.8 Å². The molecule has 148 valence electrons. The maximum Gasteiger partial charge on any atom is 0.232 e. The fraction of sp³-hybridized carbons (Fsp3) is 0.208. The first kappa shape index (κ1) is 20.3. The van der Waals surface area contributed by atoms with Crippen molar-refractivity contribution in [2.24, 2.45) is 0 Å². The zero-order valence-electron chi connectivity index (χ0n) is 16.5. The molecule has 5 heteroatoms. The lowest BCUT2D eigenvalue weighted by Crippen LogP contribution is -2.39. The molecular weight excluding hydrogens is 362 g/mol. The number of nitrogens with zero attached hydrogens (tertiary/aromatic N) is 2. The molecular formula is C24H25N3O2. The molecule has 0 fully saturated rings. The number of carbonyl (C=O) groups excluding carboxylic acids is 2. The van der Waals surface area contributed by atoms with Gasteiger partial charge in [-0.1, -0.05) is 66.7 Å². The van der Waals surface area contributed by atoms with Crippen molar-refractivity contribution in [3.05, 3.63) is 102 Å². The van der Waals surface area contributed by atoms with Crippen LogP contribution >= 0.6 is 0 Å². The summed E-state index contributed by atoms with van der Waals surface area (Å²) in [5, 5.41) is 3.00. The summed E-state index contributed by atoms with van der Waals surface area (Å²) in [5.74, 6) is -0.518. The summed E-state index contributed by atoms with van der Waals surface area (Å²) in [7, 11) is 0. The summed E-state index contributed by atoms with van der Waals surface area (Å²) in [6, 6.07) is 25.1. The Morgan fingerprint density at radius 1 is 0.897 bits per heavy atom. The summed E-state index contributed by atoms with van der Waals surface area (Å²) < 4.78 is 0. The molecule has 0 radical (unpaired) electrons. The van der Waals surface area contributed by atoms with Crippen LogP contribution in [0.15, 0.2) is 85.1 Å². The molecule has 0 saturated carbocycles. The lowest BCUT2D eigenvalue weighted by molar-refractivity contribution is -0.130. The summed E-state index contributed by atoms with van der Waals surface area (Å²) >= 11 is 0. The van der Waals surface area contributed by atoms with Crippen LogP contribution in [0.3, 0.4) is 0 Å². The number of pyridine rings is 1. The number of aromatic nitrogens is 1. The van der Waals surface area contributed by atoms with Crippen molar-refractivity contribution in [1.82, 2.24) is 15.2 Å². The fourth-order valence-corrected chi connectivity index (χ4v) is 3.24. The van der Waals surface area contributed by atoms with Crippen LogP contribution < -0.4 is 5.32 Å². The summed E-state index contributed by atoms with van der Waals surface area (Å²) in [6.45, 7) is 2.75. The Bertz CT molecular complexity index is 875. The van der Waals surface area contributed by atoms with Gasteiger partial charge >= 0.3 is 0 Å². The molecule has 0 aliphatic rings. The lowest BCUT2D eigenvalue weighted by atomic mass is 9.90. The standard InChI is InChI=1S/C24H25N3O2/c1-19(28)27(18-22-14-8-9-15-25-22)17-16-26-24(29)23(20-10-4-2-5-11-20)21-12-6-3-7-13-21/h2-15,23H,16-18H2,1H3,(H,26,29). The monoisotopic (exact) mass is 387 g/mol. The van der Waals surface area contributed by atoms with E-state index >= 15 is 0 Å². The largest absolute Gasteiger partial charge is 0.354 e. The lowest BCUT2D eigenvalue weighted by Gasteiger charge is -2.22. The highest BCUT2D eigenvalue weighted by Gasteiger charge is 2.22. The van der Waals surface area contributed by atoms with Crippen molar-refractivity contribution in [2.45, 2.75) is 19.4 Å². The minimum Gasteiger partial charge on any atom is -0.354 e. The molecule has 29 heavy (non-hydrogen) atoms. The van der Waals surface area contributed by atoms with Crippen LogP contribution in [0.25, 0.3) is 0 Å². The molecule has 1 N–H and O–H groups in total. The highest BCUT2D eigenvalue weighted by Crippen LogP contribution is 2.24. The van der Waals surface area contributed by atoms with Gasteiger partial charge in [-0.2, -0.15) is 0 Å². The van der Waals surface area contributed by atoms with Gasteiger partial charge in [0.15, 0.2) is 0 Å². The molecule has 0 unspecified atom stereocenters. The molecule has 3 aromatic rings. The van der Waals surface area contributed by atoms with Crippen molar-refractivity contribution in [3.8, 4) is 0 Å². The van der Waals surface area contributed by atoms with Gasteiger partial charge in [0.25, 0.3) is 0 Å². The van der Waals surface area contributed by atoms with E-state index in [2.05, 4.69) is 10.3 Å². The zero-order chi connectivity index (χ0) is 20.5.